The molecule has 4 nitrogen and oxygen atoms in total. The molecule has 0 aromatic heterocycles. The van der Waals surface area contributed by atoms with Gasteiger partial charge in [-0.25, -0.2) is 4.79 Å². The fraction of sp³-hybridized carbons (Fsp3) is 0.375. The molecule has 4 heteroatoms. The highest BCUT2D eigenvalue weighted by Gasteiger charge is 2.12. The van der Waals surface area contributed by atoms with Gasteiger partial charge in [-0.15, -0.1) is 0 Å². The van der Waals surface area contributed by atoms with Crippen LogP contribution in [0.3, 0.4) is 0 Å². The molecule has 0 atom stereocenters. The van der Waals surface area contributed by atoms with Crippen LogP contribution in [0.1, 0.15) is 45.0 Å². The Labute approximate surface area is 120 Å². The molecule has 0 aliphatic heterocycles. The smallest absolute Gasteiger partial charge is 0.314 e. The molecule has 1 aromatic rings. The monoisotopic (exact) mass is 274 g/mol. The Balaban J connectivity index is 2.68. The van der Waals surface area contributed by atoms with E-state index in [1.807, 2.05) is 6.92 Å². The molecule has 108 valence electrons. The quantitative estimate of drug-likeness (QED) is 0.820. The van der Waals surface area contributed by atoms with E-state index in [0.717, 1.165) is 5.57 Å². The van der Waals surface area contributed by atoms with Gasteiger partial charge in [0.15, 0.2) is 5.78 Å². The lowest BCUT2D eigenvalue weighted by Gasteiger charge is -2.19. The first-order chi connectivity index (χ1) is 9.20. The maximum atomic E-state index is 11.8. The number of rotatable bonds is 3. The molecule has 0 saturated heterocycles. The van der Waals surface area contributed by atoms with Crippen molar-refractivity contribution in [2.45, 2.75) is 34.6 Å². The number of urea groups is 1. The number of amides is 2. The lowest BCUT2D eigenvalue weighted by atomic mass is 9.88. The summed E-state index contributed by atoms with van der Waals surface area (Å²) in [5.74, 6) is -0.0301. The second kappa shape index (κ2) is 6.37. The third-order valence-electron chi connectivity index (χ3n) is 3.13. The first kappa shape index (κ1) is 16.0. The summed E-state index contributed by atoms with van der Waals surface area (Å²) in [6.07, 6.45) is 1.70. The van der Waals surface area contributed by atoms with Crippen molar-refractivity contribution in [3.63, 3.8) is 0 Å². The minimum absolute atomic E-state index is 0.0157. The van der Waals surface area contributed by atoms with E-state index in [1.165, 1.54) is 6.92 Å². The van der Waals surface area contributed by atoms with Gasteiger partial charge in [-0.05, 0) is 31.4 Å². The molecule has 0 heterocycles. The highest BCUT2D eigenvalue weighted by atomic mass is 16.2. The van der Waals surface area contributed by atoms with Gasteiger partial charge >= 0.3 is 6.03 Å². The second-order valence-electron chi connectivity index (χ2n) is 5.81. The van der Waals surface area contributed by atoms with Gasteiger partial charge in [-0.3, -0.25) is 4.79 Å². The van der Waals surface area contributed by atoms with Crippen molar-refractivity contribution in [2.24, 2.45) is 5.41 Å². The molecular weight excluding hydrogens is 252 g/mol. The molecule has 0 radical (unpaired) electrons. The lowest BCUT2D eigenvalue weighted by molar-refractivity contribution is 0.101. The van der Waals surface area contributed by atoms with Crippen molar-refractivity contribution in [3.05, 3.63) is 41.6 Å². The molecule has 0 spiro atoms. The summed E-state index contributed by atoms with van der Waals surface area (Å²) in [5.41, 5.74) is 2.26. The minimum Gasteiger partial charge on any atom is -0.314 e. The summed E-state index contributed by atoms with van der Waals surface area (Å²) < 4.78 is 0. The molecular formula is C16H22N2O2. The summed E-state index contributed by atoms with van der Waals surface area (Å²) in [6.45, 7) is 9.70. The molecule has 0 bridgehead atoms. The Bertz CT molecular complexity index is 540. The first-order valence-corrected chi connectivity index (χ1v) is 6.56. The fourth-order valence-corrected chi connectivity index (χ4v) is 1.37. The molecule has 0 aliphatic rings. The Morgan fingerprint density at radius 3 is 2.35 bits per heavy atom. The predicted molar refractivity (Wildman–Crippen MR) is 81.8 cm³/mol. The molecule has 1 aromatic carbocycles. The van der Waals surface area contributed by atoms with Crippen LogP contribution in [0, 0.1) is 5.41 Å². The number of hydrogen-bond acceptors (Lipinski definition) is 2. The van der Waals surface area contributed by atoms with Crippen LogP contribution < -0.4 is 10.6 Å². The standard InChI is InChI=1S/C16H22N2O2/c1-11(16(3,4)5)10-17-15(20)18-14-8-6-7-13(9-14)12(2)19/h6-10H,1-5H3,(H2,17,18,20)/b11-10+. The van der Waals surface area contributed by atoms with E-state index >= 15 is 0 Å². The molecule has 0 aliphatic carbocycles. The van der Waals surface area contributed by atoms with E-state index in [0.29, 0.717) is 11.3 Å². The zero-order valence-electron chi connectivity index (χ0n) is 12.7. The maximum absolute atomic E-state index is 11.8. The highest BCUT2D eigenvalue weighted by molar-refractivity contribution is 5.96. The number of anilines is 1. The maximum Gasteiger partial charge on any atom is 0.323 e. The lowest BCUT2D eigenvalue weighted by Crippen LogP contribution is -2.25. The molecule has 1 rings (SSSR count). The Hall–Kier alpha value is -2.10. The molecule has 0 unspecified atom stereocenters. The zero-order chi connectivity index (χ0) is 15.3. The number of carbonyl (C=O) groups is 2. The summed E-state index contributed by atoms with van der Waals surface area (Å²) in [6, 6.07) is 6.53. The van der Waals surface area contributed by atoms with Crippen LogP contribution in [0.4, 0.5) is 10.5 Å². The molecule has 20 heavy (non-hydrogen) atoms. The number of benzene rings is 1. The SMILES string of the molecule is CC(=O)c1cccc(NC(=O)N/C=C(\C)C(C)(C)C)c1. The summed E-state index contributed by atoms with van der Waals surface area (Å²) >= 11 is 0. The highest BCUT2D eigenvalue weighted by Crippen LogP contribution is 2.23. The Kier molecular flexibility index (Phi) is 5.08. The van der Waals surface area contributed by atoms with Crippen molar-refractivity contribution < 1.29 is 9.59 Å². The topological polar surface area (TPSA) is 58.2 Å². The first-order valence-electron chi connectivity index (χ1n) is 6.56. The van der Waals surface area contributed by atoms with Crippen LogP contribution in [-0.4, -0.2) is 11.8 Å². The van der Waals surface area contributed by atoms with Gasteiger partial charge in [-0.2, -0.15) is 0 Å². The summed E-state index contributed by atoms with van der Waals surface area (Å²) in [7, 11) is 0. The number of nitrogens with one attached hydrogen (secondary N) is 2. The van der Waals surface area contributed by atoms with E-state index in [2.05, 4.69) is 31.4 Å². The summed E-state index contributed by atoms with van der Waals surface area (Å²) in [5, 5.41) is 5.39. The van der Waals surface area contributed by atoms with Gasteiger partial charge in [0, 0.05) is 17.5 Å². The van der Waals surface area contributed by atoms with Crippen molar-refractivity contribution in [1.29, 1.82) is 0 Å². The number of allylic oxidation sites excluding steroid dienone is 1. The van der Waals surface area contributed by atoms with E-state index in [1.54, 1.807) is 30.5 Å². The number of carbonyl (C=O) groups excluding carboxylic acids is 2. The minimum atomic E-state index is -0.325. The van der Waals surface area contributed by atoms with Gasteiger partial charge in [0.05, 0.1) is 0 Å². The van der Waals surface area contributed by atoms with Crippen LogP contribution in [0.25, 0.3) is 0 Å². The van der Waals surface area contributed by atoms with E-state index in [9.17, 15) is 9.59 Å². The summed E-state index contributed by atoms with van der Waals surface area (Å²) in [4.78, 5) is 23.0. The molecule has 0 fully saturated rings. The third-order valence-corrected chi connectivity index (χ3v) is 3.13. The normalized spacial score (nSPS) is 11.9. The zero-order valence-corrected chi connectivity index (χ0v) is 12.7. The number of hydrogen-bond donors (Lipinski definition) is 2. The largest absolute Gasteiger partial charge is 0.323 e. The Morgan fingerprint density at radius 1 is 1.15 bits per heavy atom. The van der Waals surface area contributed by atoms with E-state index in [-0.39, 0.29) is 17.2 Å². The van der Waals surface area contributed by atoms with E-state index < -0.39 is 0 Å². The van der Waals surface area contributed by atoms with Crippen molar-refractivity contribution in [3.8, 4) is 0 Å². The van der Waals surface area contributed by atoms with Crippen LogP contribution in [0.2, 0.25) is 0 Å². The predicted octanol–water partition coefficient (Wildman–Crippen LogP) is 3.96. The number of Topliss-reactive ketones (excluding diaryl/α,β-unsaturated/α-hetero) is 1. The third kappa shape index (κ3) is 4.88. The van der Waals surface area contributed by atoms with Crippen molar-refractivity contribution in [1.82, 2.24) is 5.32 Å². The molecule has 2 amide bonds. The van der Waals surface area contributed by atoms with Crippen LogP contribution >= 0.6 is 0 Å². The average molecular weight is 274 g/mol. The van der Waals surface area contributed by atoms with Gasteiger partial charge in [0.25, 0.3) is 0 Å². The molecule has 0 saturated carbocycles. The molecule has 2 N–H and O–H groups in total. The van der Waals surface area contributed by atoms with Gasteiger partial charge in [0.2, 0.25) is 0 Å². The van der Waals surface area contributed by atoms with Crippen molar-refractivity contribution in [2.75, 3.05) is 5.32 Å². The van der Waals surface area contributed by atoms with Gasteiger partial charge < -0.3 is 10.6 Å². The second-order valence-corrected chi connectivity index (χ2v) is 5.81. The Morgan fingerprint density at radius 2 is 1.80 bits per heavy atom. The van der Waals surface area contributed by atoms with Crippen molar-refractivity contribution >= 4 is 17.5 Å². The van der Waals surface area contributed by atoms with Crippen LogP contribution in [-0.2, 0) is 0 Å². The fourth-order valence-electron chi connectivity index (χ4n) is 1.37. The van der Waals surface area contributed by atoms with Gasteiger partial charge in [0.1, 0.15) is 0 Å². The number of ketones is 1. The van der Waals surface area contributed by atoms with E-state index in [4.69, 9.17) is 0 Å². The van der Waals surface area contributed by atoms with Crippen LogP contribution in [0.15, 0.2) is 36.0 Å². The van der Waals surface area contributed by atoms with Crippen LogP contribution in [0.5, 0.6) is 0 Å². The average Bonchev–Trinajstić information content (AvgIpc) is 2.35. The van der Waals surface area contributed by atoms with Gasteiger partial charge in [-0.1, -0.05) is 38.5 Å².